The van der Waals surface area contributed by atoms with E-state index in [-0.39, 0.29) is 0 Å². The SMILES string of the molecule is CCCCC(CCC)NC(=S)NCC. The molecule has 0 aromatic carbocycles. The van der Waals surface area contributed by atoms with Crippen molar-refractivity contribution >= 4 is 17.3 Å². The van der Waals surface area contributed by atoms with Crippen molar-refractivity contribution in [1.29, 1.82) is 0 Å². The lowest BCUT2D eigenvalue weighted by Gasteiger charge is -2.19. The highest BCUT2D eigenvalue weighted by Gasteiger charge is 2.07. The summed E-state index contributed by atoms with van der Waals surface area (Å²) < 4.78 is 0. The second-order valence-electron chi connectivity index (χ2n) is 3.63. The lowest BCUT2D eigenvalue weighted by Crippen LogP contribution is -2.41. The van der Waals surface area contributed by atoms with Gasteiger partial charge in [-0.2, -0.15) is 0 Å². The zero-order valence-corrected chi connectivity index (χ0v) is 10.5. The van der Waals surface area contributed by atoms with Gasteiger partial charge in [-0.3, -0.25) is 0 Å². The van der Waals surface area contributed by atoms with Gasteiger partial charge in [-0.1, -0.05) is 33.1 Å². The first-order valence-corrected chi connectivity index (χ1v) is 6.19. The molecule has 1 unspecified atom stereocenters. The van der Waals surface area contributed by atoms with Crippen LogP contribution in [0.2, 0.25) is 0 Å². The Morgan fingerprint density at radius 2 is 1.86 bits per heavy atom. The van der Waals surface area contributed by atoms with E-state index in [0.717, 1.165) is 11.7 Å². The number of nitrogens with one attached hydrogen (secondary N) is 2. The molecule has 0 aliphatic carbocycles. The van der Waals surface area contributed by atoms with Crippen molar-refractivity contribution < 1.29 is 0 Å². The van der Waals surface area contributed by atoms with Gasteiger partial charge in [-0.15, -0.1) is 0 Å². The molecule has 0 aromatic heterocycles. The molecular formula is C11H24N2S. The first-order valence-electron chi connectivity index (χ1n) is 5.78. The Morgan fingerprint density at radius 1 is 1.14 bits per heavy atom. The molecule has 1 atom stereocenters. The fourth-order valence-corrected chi connectivity index (χ4v) is 1.80. The number of hydrogen-bond acceptors (Lipinski definition) is 1. The van der Waals surface area contributed by atoms with E-state index in [0.29, 0.717) is 6.04 Å². The van der Waals surface area contributed by atoms with E-state index in [4.69, 9.17) is 12.2 Å². The molecule has 0 aliphatic heterocycles. The molecule has 0 rings (SSSR count). The molecule has 2 nitrogen and oxygen atoms in total. The molecule has 84 valence electrons. The zero-order valence-electron chi connectivity index (χ0n) is 9.73. The average Bonchev–Trinajstić information content (AvgIpc) is 2.15. The smallest absolute Gasteiger partial charge is 0.166 e. The van der Waals surface area contributed by atoms with Crippen LogP contribution in [0.3, 0.4) is 0 Å². The molecule has 2 N–H and O–H groups in total. The van der Waals surface area contributed by atoms with Gasteiger partial charge in [0.2, 0.25) is 0 Å². The Morgan fingerprint density at radius 3 is 2.36 bits per heavy atom. The van der Waals surface area contributed by atoms with Gasteiger partial charge in [0.05, 0.1) is 0 Å². The van der Waals surface area contributed by atoms with Crippen LogP contribution in [0.5, 0.6) is 0 Å². The Bertz CT molecular complexity index is 148. The highest BCUT2D eigenvalue weighted by molar-refractivity contribution is 7.80. The van der Waals surface area contributed by atoms with E-state index < -0.39 is 0 Å². The molecule has 0 aliphatic rings. The summed E-state index contributed by atoms with van der Waals surface area (Å²) in [6.45, 7) is 7.41. The van der Waals surface area contributed by atoms with Crippen LogP contribution in [0, 0.1) is 0 Å². The van der Waals surface area contributed by atoms with Crippen molar-refractivity contribution in [3.8, 4) is 0 Å². The number of rotatable bonds is 7. The summed E-state index contributed by atoms with van der Waals surface area (Å²) in [6, 6.07) is 0.562. The van der Waals surface area contributed by atoms with Gasteiger partial charge >= 0.3 is 0 Å². The minimum atomic E-state index is 0.562. The van der Waals surface area contributed by atoms with Crippen molar-refractivity contribution in [2.45, 2.75) is 58.9 Å². The second kappa shape index (κ2) is 9.25. The van der Waals surface area contributed by atoms with Crippen LogP contribution < -0.4 is 10.6 Å². The molecule has 0 fully saturated rings. The molecule has 0 aromatic rings. The van der Waals surface area contributed by atoms with Crippen LogP contribution in [0.4, 0.5) is 0 Å². The molecule has 14 heavy (non-hydrogen) atoms. The molecule has 0 radical (unpaired) electrons. The molecule has 0 amide bonds. The van der Waals surface area contributed by atoms with Gasteiger partial charge in [0, 0.05) is 12.6 Å². The Kier molecular flexibility index (Phi) is 9.05. The minimum absolute atomic E-state index is 0.562. The maximum Gasteiger partial charge on any atom is 0.166 e. The van der Waals surface area contributed by atoms with Crippen molar-refractivity contribution in [3.63, 3.8) is 0 Å². The summed E-state index contributed by atoms with van der Waals surface area (Å²) in [5.41, 5.74) is 0. The third kappa shape index (κ3) is 7.13. The maximum absolute atomic E-state index is 5.17. The van der Waals surface area contributed by atoms with E-state index in [1.165, 1.54) is 32.1 Å². The lowest BCUT2D eigenvalue weighted by molar-refractivity contribution is 0.492. The van der Waals surface area contributed by atoms with Crippen LogP contribution in [-0.4, -0.2) is 17.7 Å². The molecular weight excluding hydrogens is 192 g/mol. The molecule has 3 heteroatoms. The summed E-state index contributed by atoms with van der Waals surface area (Å²) in [7, 11) is 0. The first-order chi connectivity index (χ1) is 6.74. The van der Waals surface area contributed by atoms with Crippen molar-refractivity contribution in [3.05, 3.63) is 0 Å². The van der Waals surface area contributed by atoms with E-state index in [2.05, 4.69) is 31.4 Å². The number of thiocarbonyl (C=S) groups is 1. The zero-order chi connectivity index (χ0) is 10.8. The Balaban J connectivity index is 3.75. The number of unbranched alkanes of at least 4 members (excludes halogenated alkanes) is 1. The largest absolute Gasteiger partial charge is 0.363 e. The standard InChI is InChI=1S/C11H24N2S/c1-4-7-9-10(8-5-2)13-11(14)12-6-3/h10H,4-9H2,1-3H3,(H2,12,13,14). The third-order valence-electron chi connectivity index (χ3n) is 2.22. The summed E-state index contributed by atoms with van der Waals surface area (Å²) in [5, 5.41) is 7.31. The minimum Gasteiger partial charge on any atom is -0.363 e. The monoisotopic (exact) mass is 216 g/mol. The predicted octanol–water partition coefficient (Wildman–Crippen LogP) is 2.83. The molecule has 0 saturated carbocycles. The van der Waals surface area contributed by atoms with Crippen molar-refractivity contribution in [2.24, 2.45) is 0 Å². The highest BCUT2D eigenvalue weighted by atomic mass is 32.1. The van der Waals surface area contributed by atoms with Crippen LogP contribution >= 0.6 is 12.2 Å². The quantitative estimate of drug-likeness (QED) is 0.640. The van der Waals surface area contributed by atoms with Gasteiger partial charge in [-0.05, 0) is 32.0 Å². The van der Waals surface area contributed by atoms with E-state index >= 15 is 0 Å². The third-order valence-corrected chi connectivity index (χ3v) is 2.48. The molecule has 0 spiro atoms. The summed E-state index contributed by atoms with van der Waals surface area (Å²) >= 11 is 5.17. The van der Waals surface area contributed by atoms with E-state index in [1.54, 1.807) is 0 Å². The van der Waals surface area contributed by atoms with Crippen LogP contribution in [0.15, 0.2) is 0 Å². The summed E-state index contributed by atoms with van der Waals surface area (Å²) in [4.78, 5) is 0. The van der Waals surface area contributed by atoms with Gasteiger partial charge in [-0.25, -0.2) is 0 Å². The first kappa shape index (κ1) is 13.7. The van der Waals surface area contributed by atoms with Crippen LogP contribution in [-0.2, 0) is 0 Å². The Hall–Kier alpha value is -0.310. The van der Waals surface area contributed by atoms with Crippen molar-refractivity contribution in [1.82, 2.24) is 10.6 Å². The van der Waals surface area contributed by atoms with Crippen LogP contribution in [0.25, 0.3) is 0 Å². The van der Waals surface area contributed by atoms with Gasteiger partial charge in [0.1, 0.15) is 0 Å². The molecule has 0 bridgehead atoms. The van der Waals surface area contributed by atoms with E-state index in [1.807, 2.05) is 0 Å². The van der Waals surface area contributed by atoms with Gasteiger partial charge in [0.15, 0.2) is 5.11 Å². The summed E-state index contributed by atoms with van der Waals surface area (Å²) in [6.07, 6.45) is 6.21. The van der Waals surface area contributed by atoms with Gasteiger partial charge < -0.3 is 10.6 Å². The van der Waals surface area contributed by atoms with Gasteiger partial charge in [0.25, 0.3) is 0 Å². The van der Waals surface area contributed by atoms with Crippen molar-refractivity contribution in [2.75, 3.05) is 6.54 Å². The van der Waals surface area contributed by atoms with Crippen LogP contribution in [0.1, 0.15) is 52.9 Å². The lowest BCUT2D eigenvalue weighted by atomic mass is 10.1. The molecule has 0 saturated heterocycles. The second-order valence-corrected chi connectivity index (χ2v) is 4.04. The predicted molar refractivity (Wildman–Crippen MR) is 67.6 cm³/mol. The normalized spacial score (nSPS) is 12.2. The summed E-state index contributed by atoms with van der Waals surface area (Å²) in [5.74, 6) is 0. The fourth-order valence-electron chi connectivity index (χ4n) is 1.48. The Labute approximate surface area is 93.8 Å². The maximum atomic E-state index is 5.17. The van der Waals surface area contributed by atoms with E-state index in [9.17, 15) is 0 Å². The fraction of sp³-hybridized carbons (Fsp3) is 0.909. The highest BCUT2D eigenvalue weighted by Crippen LogP contribution is 2.06. The number of hydrogen-bond donors (Lipinski definition) is 2. The average molecular weight is 216 g/mol. The topological polar surface area (TPSA) is 24.1 Å². The molecule has 0 heterocycles.